The van der Waals surface area contributed by atoms with Crippen molar-refractivity contribution in [2.45, 2.75) is 18.9 Å². The van der Waals surface area contributed by atoms with Crippen molar-refractivity contribution >= 4 is 51.6 Å². The van der Waals surface area contributed by atoms with Crippen molar-refractivity contribution in [3.63, 3.8) is 0 Å². The molecule has 1 aromatic heterocycles. The summed E-state index contributed by atoms with van der Waals surface area (Å²) in [5.74, 6) is -0.340. The number of aromatic nitrogens is 2. The van der Waals surface area contributed by atoms with E-state index in [2.05, 4.69) is 27.2 Å². The second kappa shape index (κ2) is 13.3. The van der Waals surface area contributed by atoms with Crippen LogP contribution in [0.15, 0.2) is 49.3 Å². The van der Waals surface area contributed by atoms with Gasteiger partial charge in [0.2, 0.25) is 5.91 Å². The molecule has 1 aliphatic heterocycles. The van der Waals surface area contributed by atoms with Gasteiger partial charge in [0.25, 0.3) is 0 Å². The summed E-state index contributed by atoms with van der Waals surface area (Å²) in [6.07, 6.45) is 3.63. The Balaban J connectivity index is 1.48. The second-order valence-electron chi connectivity index (χ2n) is 8.87. The molecule has 1 saturated heterocycles. The van der Waals surface area contributed by atoms with Crippen molar-refractivity contribution in [2.75, 3.05) is 50.6 Å². The lowest BCUT2D eigenvalue weighted by molar-refractivity contribution is -0.159. The van der Waals surface area contributed by atoms with Crippen molar-refractivity contribution in [3.05, 3.63) is 60.2 Å². The number of methoxy groups -OCH3 is 1. The number of hydrogen-bond donors (Lipinski definition) is 2. The molecule has 0 spiro atoms. The van der Waals surface area contributed by atoms with Gasteiger partial charge in [-0.25, -0.2) is 14.4 Å². The van der Waals surface area contributed by atoms with Crippen LogP contribution in [0.3, 0.4) is 0 Å². The van der Waals surface area contributed by atoms with Crippen molar-refractivity contribution in [2.24, 2.45) is 0 Å². The Kier molecular flexibility index (Phi) is 9.64. The number of benzene rings is 2. The van der Waals surface area contributed by atoms with Crippen LogP contribution < -0.4 is 15.4 Å². The van der Waals surface area contributed by atoms with Crippen molar-refractivity contribution in [1.29, 1.82) is 0 Å². The van der Waals surface area contributed by atoms with Crippen LogP contribution in [0, 0.1) is 5.82 Å². The average Bonchev–Trinajstić information content (AvgIpc) is 2.92. The number of carbonyl (C=O) groups is 2. The number of halogens is 2. The molecule has 0 aliphatic carbocycles. The number of nitrogens with one attached hydrogen (secondary N) is 2. The molecule has 12 heteroatoms. The van der Waals surface area contributed by atoms with Gasteiger partial charge in [0.1, 0.15) is 29.8 Å². The number of fused-ring (bicyclic) bond motifs is 1. The van der Waals surface area contributed by atoms with Crippen LogP contribution in [-0.4, -0.2) is 72.8 Å². The molecule has 1 amide bonds. The number of hydrogen-bond acceptors (Lipinski definition) is 9. The average molecular weight is 558 g/mol. The molecular formula is C27H29ClFN5O5. The molecule has 39 heavy (non-hydrogen) atoms. The molecule has 1 atom stereocenters. The van der Waals surface area contributed by atoms with Crippen molar-refractivity contribution in [1.82, 2.24) is 14.9 Å². The Morgan fingerprint density at radius 1 is 1.31 bits per heavy atom. The van der Waals surface area contributed by atoms with E-state index >= 15 is 0 Å². The van der Waals surface area contributed by atoms with E-state index in [0.29, 0.717) is 73.0 Å². The quantitative estimate of drug-likeness (QED) is 0.191. The highest BCUT2D eigenvalue weighted by atomic mass is 35.5. The zero-order valence-electron chi connectivity index (χ0n) is 21.4. The van der Waals surface area contributed by atoms with Gasteiger partial charge in [0.05, 0.1) is 29.4 Å². The minimum Gasteiger partial charge on any atom is -0.491 e. The normalized spacial score (nSPS) is 15.6. The number of rotatable bonds is 12. The lowest BCUT2D eigenvalue weighted by atomic mass is 10.1. The summed E-state index contributed by atoms with van der Waals surface area (Å²) in [6.45, 7) is 5.87. The van der Waals surface area contributed by atoms with Crippen LogP contribution in [0.2, 0.25) is 5.02 Å². The van der Waals surface area contributed by atoms with Gasteiger partial charge >= 0.3 is 5.97 Å². The molecule has 0 saturated carbocycles. The van der Waals surface area contributed by atoms with Gasteiger partial charge in [-0.1, -0.05) is 18.2 Å². The lowest BCUT2D eigenvalue weighted by Crippen LogP contribution is -2.46. The standard InChI is InChI=1S/C27H29ClFN5O5/c1-3-25(35)33-23-12-19-22(30-16-31-27(19)32-17-5-6-21(29)20(28)11-17)13-24(23)38-9-4-8-34-14-18(7-10-37-2)39-26(36)15-34/h3,5-6,11-13,16,18H,1,4,7-10,14-15H2,2H3,(H,33,35)(H,30,31,32). The molecule has 2 N–H and O–H groups in total. The minimum absolute atomic E-state index is 0.0278. The first-order valence-electron chi connectivity index (χ1n) is 12.3. The molecule has 1 fully saturated rings. The van der Waals surface area contributed by atoms with Gasteiger partial charge < -0.3 is 24.8 Å². The Labute approximate surface area is 230 Å². The highest BCUT2D eigenvalue weighted by molar-refractivity contribution is 6.31. The Bertz CT molecular complexity index is 1360. The molecule has 10 nitrogen and oxygen atoms in total. The van der Waals surface area contributed by atoms with E-state index in [1.165, 1.54) is 24.5 Å². The predicted octanol–water partition coefficient (Wildman–Crippen LogP) is 4.32. The number of esters is 1. The summed E-state index contributed by atoms with van der Waals surface area (Å²) >= 11 is 5.91. The topological polar surface area (TPSA) is 115 Å². The van der Waals surface area contributed by atoms with Crippen LogP contribution >= 0.6 is 11.6 Å². The van der Waals surface area contributed by atoms with Gasteiger partial charge in [0, 0.05) is 50.4 Å². The van der Waals surface area contributed by atoms with Gasteiger partial charge in [0.15, 0.2) is 0 Å². The summed E-state index contributed by atoms with van der Waals surface area (Å²) in [6, 6.07) is 7.64. The third-order valence-corrected chi connectivity index (χ3v) is 6.28. The summed E-state index contributed by atoms with van der Waals surface area (Å²) in [5.41, 5.74) is 1.50. The van der Waals surface area contributed by atoms with E-state index in [4.69, 9.17) is 25.8 Å². The van der Waals surface area contributed by atoms with Gasteiger partial charge in [-0.3, -0.25) is 14.5 Å². The van der Waals surface area contributed by atoms with Gasteiger partial charge in [-0.2, -0.15) is 0 Å². The number of carbonyl (C=O) groups excluding carboxylic acids is 2. The molecule has 206 valence electrons. The molecule has 1 aliphatic rings. The van der Waals surface area contributed by atoms with Crippen LogP contribution in [-0.2, 0) is 19.1 Å². The SMILES string of the molecule is C=CC(=O)Nc1cc2c(Nc3ccc(F)c(Cl)c3)ncnc2cc1OCCCN1CC(=O)OC(CCOC)C1. The van der Waals surface area contributed by atoms with E-state index in [0.717, 1.165) is 6.08 Å². The highest BCUT2D eigenvalue weighted by Gasteiger charge is 2.26. The fraction of sp³-hybridized carbons (Fsp3) is 0.333. The van der Waals surface area contributed by atoms with E-state index < -0.39 is 11.7 Å². The number of nitrogens with zero attached hydrogens (tertiary/aromatic N) is 3. The number of ether oxygens (including phenoxy) is 3. The molecule has 3 aromatic rings. The van der Waals surface area contributed by atoms with E-state index in [1.807, 2.05) is 4.90 Å². The minimum atomic E-state index is -0.530. The number of anilines is 3. The number of amides is 1. The van der Waals surface area contributed by atoms with Crippen molar-refractivity contribution < 1.29 is 28.2 Å². The third kappa shape index (κ3) is 7.62. The fourth-order valence-electron chi connectivity index (χ4n) is 4.13. The van der Waals surface area contributed by atoms with Crippen LogP contribution in [0.4, 0.5) is 21.6 Å². The van der Waals surface area contributed by atoms with Crippen LogP contribution in [0.5, 0.6) is 5.75 Å². The maximum Gasteiger partial charge on any atom is 0.320 e. The van der Waals surface area contributed by atoms with Crippen molar-refractivity contribution in [3.8, 4) is 5.75 Å². The zero-order valence-corrected chi connectivity index (χ0v) is 22.2. The van der Waals surface area contributed by atoms with E-state index in [9.17, 15) is 14.0 Å². The summed E-state index contributed by atoms with van der Waals surface area (Å²) < 4.78 is 30.1. The van der Waals surface area contributed by atoms with Crippen LogP contribution in [0.25, 0.3) is 10.9 Å². The Morgan fingerprint density at radius 3 is 2.92 bits per heavy atom. The summed E-state index contributed by atoms with van der Waals surface area (Å²) in [7, 11) is 1.61. The summed E-state index contributed by atoms with van der Waals surface area (Å²) in [5, 5.41) is 6.44. The second-order valence-corrected chi connectivity index (χ2v) is 9.27. The lowest BCUT2D eigenvalue weighted by Gasteiger charge is -2.31. The van der Waals surface area contributed by atoms with Gasteiger partial charge in [-0.15, -0.1) is 0 Å². The third-order valence-electron chi connectivity index (χ3n) is 6.00. The molecular weight excluding hydrogens is 529 g/mol. The molecule has 2 heterocycles. The van der Waals surface area contributed by atoms with Gasteiger partial charge in [-0.05, 0) is 36.8 Å². The largest absolute Gasteiger partial charge is 0.491 e. The van der Waals surface area contributed by atoms with E-state index in [-0.39, 0.29) is 23.6 Å². The molecule has 2 aromatic carbocycles. The highest BCUT2D eigenvalue weighted by Crippen LogP contribution is 2.34. The molecule has 0 radical (unpaired) electrons. The fourth-order valence-corrected chi connectivity index (χ4v) is 4.31. The maximum absolute atomic E-state index is 13.6. The first kappa shape index (κ1) is 28.2. The first-order chi connectivity index (χ1) is 18.9. The van der Waals surface area contributed by atoms with Crippen LogP contribution in [0.1, 0.15) is 12.8 Å². The molecule has 4 rings (SSSR count). The first-order valence-corrected chi connectivity index (χ1v) is 12.7. The Hall–Kier alpha value is -3.80. The summed E-state index contributed by atoms with van der Waals surface area (Å²) in [4.78, 5) is 34.8. The monoisotopic (exact) mass is 557 g/mol. The zero-order chi connectivity index (χ0) is 27.8. The maximum atomic E-state index is 13.6. The molecule has 1 unspecified atom stereocenters. The number of cyclic esters (lactones) is 1. The Morgan fingerprint density at radius 2 is 2.15 bits per heavy atom. The molecule has 0 bridgehead atoms. The number of morpholine rings is 1. The predicted molar refractivity (Wildman–Crippen MR) is 146 cm³/mol. The smallest absolute Gasteiger partial charge is 0.320 e. The van der Waals surface area contributed by atoms with E-state index in [1.54, 1.807) is 19.2 Å².